The van der Waals surface area contributed by atoms with Gasteiger partial charge in [0.25, 0.3) is 0 Å². The largest absolute Gasteiger partial charge is 0.493 e. The normalized spacial score (nSPS) is 19.6. The number of ether oxygens (including phenoxy) is 2. The summed E-state index contributed by atoms with van der Waals surface area (Å²) in [5.74, 6) is 1.68. The Morgan fingerprint density at radius 3 is 2.88 bits per heavy atom. The Bertz CT molecular complexity index is 401. The lowest BCUT2D eigenvalue weighted by Crippen LogP contribution is -2.05. The second kappa shape index (κ2) is 4.96. The van der Waals surface area contributed by atoms with E-state index in [1.54, 1.807) is 0 Å². The van der Waals surface area contributed by atoms with Gasteiger partial charge in [-0.25, -0.2) is 0 Å². The highest BCUT2D eigenvalue weighted by Crippen LogP contribution is 2.38. The van der Waals surface area contributed by atoms with Crippen molar-refractivity contribution in [1.29, 1.82) is 0 Å². The van der Waals surface area contributed by atoms with Gasteiger partial charge in [-0.1, -0.05) is 6.92 Å². The number of hydrogen-bond acceptors (Lipinski definition) is 3. The predicted molar refractivity (Wildman–Crippen MR) is 66.7 cm³/mol. The zero-order valence-electron chi connectivity index (χ0n) is 10.7. The quantitative estimate of drug-likeness (QED) is 0.873. The Labute approximate surface area is 102 Å². The second-order valence-corrected chi connectivity index (χ2v) is 4.49. The van der Waals surface area contributed by atoms with E-state index in [0.717, 1.165) is 23.5 Å². The molecule has 0 aliphatic carbocycles. The maximum Gasteiger partial charge on any atom is 0.125 e. The third-order valence-corrected chi connectivity index (χ3v) is 3.07. The van der Waals surface area contributed by atoms with Crippen LogP contribution in [0.4, 0.5) is 0 Å². The number of hydrogen-bond donors (Lipinski definition) is 1. The van der Waals surface area contributed by atoms with E-state index in [1.165, 1.54) is 5.56 Å². The Kier molecular flexibility index (Phi) is 3.57. The van der Waals surface area contributed by atoms with Crippen molar-refractivity contribution in [2.45, 2.75) is 45.8 Å². The monoisotopic (exact) mass is 236 g/mol. The van der Waals surface area contributed by atoms with Crippen LogP contribution in [0, 0.1) is 0 Å². The summed E-state index contributed by atoms with van der Waals surface area (Å²) in [7, 11) is 0. The summed E-state index contributed by atoms with van der Waals surface area (Å²) in [6.07, 6.45) is 1.32. The second-order valence-electron chi connectivity index (χ2n) is 4.49. The van der Waals surface area contributed by atoms with Crippen molar-refractivity contribution in [3.63, 3.8) is 0 Å². The van der Waals surface area contributed by atoms with E-state index in [0.29, 0.717) is 13.0 Å². The summed E-state index contributed by atoms with van der Waals surface area (Å²) in [6.45, 7) is 6.57. The molecule has 0 spiro atoms. The highest BCUT2D eigenvalue weighted by Gasteiger charge is 2.23. The van der Waals surface area contributed by atoms with Gasteiger partial charge in [-0.15, -0.1) is 0 Å². The van der Waals surface area contributed by atoms with Crippen LogP contribution in [-0.2, 0) is 6.42 Å². The van der Waals surface area contributed by atoms with Gasteiger partial charge in [-0.05, 0) is 32.4 Å². The van der Waals surface area contributed by atoms with Gasteiger partial charge in [0.05, 0.1) is 12.7 Å². The van der Waals surface area contributed by atoms with Gasteiger partial charge in [0.1, 0.15) is 17.6 Å². The van der Waals surface area contributed by atoms with E-state index in [9.17, 15) is 5.11 Å². The van der Waals surface area contributed by atoms with Gasteiger partial charge in [0, 0.05) is 17.5 Å². The van der Waals surface area contributed by atoms with Crippen molar-refractivity contribution in [2.75, 3.05) is 6.61 Å². The lowest BCUT2D eigenvalue weighted by molar-refractivity contribution is 0.167. The molecule has 1 aliphatic rings. The number of rotatable bonds is 4. The lowest BCUT2D eigenvalue weighted by atomic mass is 10.0. The summed E-state index contributed by atoms with van der Waals surface area (Å²) in [4.78, 5) is 0. The number of aliphatic hydroxyl groups excluding tert-OH is 1. The van der Waals surface area contributed by atoms with Gasteiger partial charge < -0.3 is 14.6 Å². The van der Waals surface area contributed by atoms with Crippen LogP contribution in [0.15, 0.2) is 12.1 Å². The van der Waals surface area contributed by atoms with Crippen LogP contribution in [0.1, 0.15) is 44.4 Å². The van der Waals surface area contributed by atoms with Gasteiger partial charge in [0.15, 0.2) is 0 Å². The maximum atomic E-state index is 10.00. The zero-order chi connectivity index (χ0) is 12.4. The molecule has 0 fully saturated rings. The van der Waals surface area contributed by atoms with Crippen molar-refractivity contribution < 1.29 is 14.6 Å². The van der Waals surface area contributed by atoms with Crippen LogP contribution in [0.5, 0.6) is 11.5 Å². The fourth-order valence-corrected chi connectivity index (χ4v) is 2.22. The fraction of sp³-hybridized carbons (Fsp3) is 0.571. The molecule has 0 amide bonds. The summed E-state index contributed by atoms with van der Waals surface area (Å²) in [5, 5.41) is 10.00. The minimum Gasteiger partial charge on any atom is -0.493 e. The molecule has 3 nitrogen and oxygen atoms in total. The average Bonchev–Trinajstić information content (AvgIpc) is 2.66. The van der Waals surface area contributed by atoms with Crippen molar-refractivity contribution >= 4 is 0 Å². The Morgan fingerprint density at radius 2 is 2.24 bits per heavy atom. The van der Waals surface area contributed by atoms with Crippen LogP contribution < -0.4 is 9.47 Å². The maximum absolute atomic E-state index is 10.00. The molecule has 1 heterocycles. The smallest absolute Gasteiger partial charge is 0.125 e. The number of aliphatic hydroxyl groups is 1. The van der Waals surface area contributed by atoms with E-state index in [-0.39, 0.29) is 6.10 Å². The molecule has 94 valence electrons. The minimum absolute atomic E-state index is 0.216. The Balaban J connectivity index is 2.39. The Morgan fingerprint density at radius 1 is 1.47 bits per heavy atom. The molecule has 17 heavy (non-hydrogen) atoms. The molecule has 1 N–H and O–H groups in total. The van der Waals surface area contributed by atoms with Gasteiger partial charge in [0.2, 0.25) is 0 Å². The number of fused-ring (bicyclic) bond motifs is 1. The fourth-order valence-electron chi connectivity index (χ4n) is 2.22. The van der Waals surface area contributed by atoms with Crippen molar-refractivity contribution in [3.8, 4) is 11.5 Å². The summed E-state index contributed by atoms with van der Waals surface area (Å²) < 4.78 is 11.3. The summed E-state index contributed by atoms with van der Waals surface area (Å²) in [6, 6.07) is 3.94. The first-order valence-electron chi connectivity index (χ1n) is 6.30. The third kappa shape index (κ3) is 2.39. The highest BCUT2D eigenvalue weighted by atomic mass is 16.5. The van der Waals surface area contributed by atoms with E-state index in [1.807, 2.05) is 26.0 Å². The van der Waals surface area contributed by atoms with Gasteiger partial charge in [-0.3, -0.25) is 0 Å². The first kappa shape index (κ1) is 12.2. The molecular weight excluding hydrogens is 216 g/mol. The number of benzene rings is 1. The standard InChI is InChI=1S/C14H20O3/c1-4-12(15)11-8-13-10(6-9(3)17-13)7-14(11)16-5-2/h7-9,12,15H,4-6H2,1-3H3. The zero-order valence-corrected chi connectivity index (χ0v) is 10.7. The Hall–Kier alpha value is -1.22. The molecule has 1 aromatic carbocycles. The summed E-state index contributed by atoms with van der Waals surface area (Å²) >= 11 is 0. The topological polar surface area (TPSA) is 38.7 Å². The van der Waals surface area contributed by atoms with E-state index >= 15 is 0 Å². The van der Waals surface area contributed by atoms with E-state index < -0.39 is 6.10 Å². The molecule has 0 bridgehead atoms. The molecular formula is C14H20O3. The van der Waals surface area contributed by atoms with Gasteiger partial charge >= 0.3 is 0 Å². The molecule has 1 aromatic rings. The average molecular weight is 236 g/mol. The molecule has 0 aromatic heterocycles. The molecule has 2 unspecified atom stereocenters. The molecule has 0 saturated carbocycles. The van der Waals surface area contributed by atoms with Crippen LogP contribution in [-0.4, -0.2) is 17.8 Å². The third-order valence-electron chi connectivity index (χ3n) is 3.07. The molecule has 2 atom stereocenters. The van der Waals surface area contributed by atoms with Crippen molar-refractivity contribution in [2.24, 2.45) is 0 Å². The summed E-state index contributed by atoms with van der Waals surface area (Å²) in [5.41, 5.74) is 2.01. The SMILES string of the molecule is CCOc1cc2c(cc1C(O)CC)OC(C)C2. The molecule has 0 radical (unpaired) electrons. The molecule has 1 aliphatic heterocycles. The van der Waals surface area contributed by atoms with E-state index in [4.69, 9.17) is 9.47 Å². The van der Waals surface area contributed by atoms with Crippen LogP contribution >= 0.6 is 0 Å². The van der Waals surface area contributed by atoms with Gasteiger partial charge in [-0.2, -0.15) is 0 Å². The first-order valence-corrected chi connectivity index (χ1v) is 6.30. The van der Waals surface area contributed by atoms with Crippen LogP contribution in [0.2, 0.25) is 0 Å². The van der Waals surface area contributed by atoms with Crippen molar-refractivity contribution in [3.05, 3.63) is 23.3 Å². The van der Waals surface area contributed by atoms with Crippen LogP contribution in [0.25, 0.3) is 0 Å². The van der Waals surface area contributed by atoms with E-state index in [2.05, 4.69) is 6.92 Å². The molecule has 0 saturated heterocycles. The predicted octanol–water partition coefficient (Wildman–Crippen LogP) is 2.85. The lowest BCUT2D eigenvalue weighted by Gasteiger charge is -2.16. The highest BCUT2D eigenvalue weighted by molar-refractivity contribution is 5.49. The minimum atomic E-state index is -0.485. The van der Waals surface area contributed by atoms with Crippen LogP contribution in [0.3, 0.4) is 0 Å². The van der Waals surface area contributed by atoms with Crippen molar-refractivity contribution in [1.82, 2.24) is 0 Å². The first-order chi connectivity index (χ1) is 8.15. The molecule has 3 heteroatoms. The molecule has 2 rings (SSSR count).